The Kier molecular flexibility index (Phi) is 6.55. The molecule has 2 fully saturated rings. The highest BCUT2D eigenvalue weighted by atomic mass is 35.5. The summed E-state index contributed by atoms with van der Waals surface area (Å²) in [5, 5.41) is 6.60. The lowest BCUT2D eigenvalue weighted by molar-refractivity contribution is -0.122. The van der Waals surface area contributed by atoms with E-state index in [1.165, 1.54) is 0 Å². The molecule has 1 saturated heterocycles. The van der Waals surface area contributed by atoms with E-state index in [-0.39, 0.29) is 17.7 Å². The molecule has 0 atom stereocenters. The van der Waals surface area contributed by atoms with E-state index in [0.717, 1.165) is 36.2 Å². The topological polar surface area (TPSA) is 70.7 Å². The molecule has 0 spiro atoms. The highest BCUT2D eigenvalue weighted by Gasteiger charge is 2.26. The number of halogens is 1. The number of hydrogen-bond donors (Lipinski definition) is 2. The second kappa shape index (κ2) is 9.49. The van der Waals surface area contributed by atoms with Crippen molar-refractivity contribution in [3.63, 3.8) is 0 Å². The molecule has 30 heavy (non-hydrogen) atoms. The number of hydrogen-bond acceptors (Lipinski definition) is 4. The molecule has 2 aliphatic rings. The summed E-state index contributed by atoms with van der Waals surface area (Å²) in [5.74, 6) is -0.00573. The van der Waals surface area contributed by atoms with E-state index >= 15 is 0 Å². The van der Waals surface area contributed by atoms with E-state index in [1.807, 2.05) is 30.3 Å². The molecule has 0 radical (unpaired) electrons. The summed E-state index contributed by atoms with van der Waals surface area (Å²) in [5.41, 5.74) is 2.97. The van der Waals surface area contributed by atoms with Crippen LogP contribution in [-0.4, -0.2) is 38.1 Å². The maximum absolute atomic E-state index is 13.0. The number of anilines is 2. The number of nitrogens with zero attached hydrogens (tertiary/aromatic N) is 1. The zero-order chi connectivity index (χ0) is 20.9. The average Bonchev–Trinajstić information content (AvgIpc) is 2.72. The number of ether oxygens (including phenoxy) is 1. The molecule has 1 aliphatic carbocycles. The lowest BCUT2D eigenvalue weighted by atomic mass is 9.85. The number of rotatable bonds is 6. The highest BCUT2D eigenvalue weighted by Crippen LogP contribution is 2.30. The Morgan fingerprint density at radius 2 is 1.87 bits per heavy atom. The number of morpholine rings is 1. The molecule has 7 heteroatoms. The van der Waals surface area contributed by atoms with Crippen LogP contribution in [0.4, 0.5) is 11.4 Å². The fourth-order valence-corrected chi connectivity index (χ4v) is 3.90. The van der Waals surface area contributed by atoms with Gasteiger partial charge in [-0.15, -0.1) is 0 Å². The number of nitrogens with one attached hydrogen (secondary N) is 2. The Morgan fingerprint density at radius 3 is 2.57 bits per heavy atom. The minimum Gasteiger partial charge on any atom is -0.378 e. The average molecular weight is 428 g/mol. The molecule has 0 bridgehead atoms. The van der Waals surface area contributed by atoms with Crippen molar-refractivity contribution < 1.29 is 14.3 Å². The molecular weight excluding hydrogens is 402 g/mol. The predicted molar refractivity (Wildman–Crippen MR) is 118 cm³/mol. The van der Waals surface area contributed by atoms with Crippen molar-refractivity contribution in [2.24, 2.45) is 5.92 Å². The highest BCUT2D eigenvalue weighted by molar-refractivity contribution is 6.31. The Hall–Kier alpha value is -2.57. The second-order valence-electron chi connectivity index (χ2n) is 7.72. The van der Waals surface area contributed by atoms with Crippen molar-refractivity contribution in [1.82, 2.24) is 5.32 Å². The molecule has 2 aromatic carbocycles. The SMILES string of the molecule is O=C(NCc1ccccc1Cl)c1ccc(NC(=O)C2CCC2)cc1N1CCOCC1. The molecule has 0 unspecified atom stereocenters. The molecule has 6 nitrogen and oxygen atoms in total. The van der Waals surface area contributed by atoms with Crippen LogP contribution < -0.4 is 15.5 Å². The molecule has 2 N–H and O–H groups in total. The first-order valence-electron chi connectivity index (χ1n) is 10.4. The largest absolute Gasteiger partial charge is 0.378 e. The van der Waals surface area contributed by atoms with Crippen LogP contribution in [0.25, 0.3) is 0 Å². The first-order valence-corrected chi connectivity index (χ1v) is 10.8. The Balaban J connectivity index is 1.53. The first-order chi connectivity index (χ1) is 14.6. The van der Waals surface area contributed by atoms with Gasteiger partial charge in [-0.2, -0.15) is 0 Å². The third-order valence-electron chi connectivity index (χ3n) is 5.73. The van der Waals surface area contributed by atoms with E-state index in [9.17, 15) is 9.59 Å². The van der Waals surface area contributed by atoms with Crippen LogP contribution >= 0.6 is 11.6 Å². The number of carbonyl (C=O) groups is 2. The summed E-state index contributed by atoms with van der Waals surface area (Å²) in [4.78, 5) is 27.5. The van der Waals surface area contributed by atoms with Gasteiger partial charge in [0.2, 0.25) is 5.91 Å². The van der Waals surface area contributed by atoms with Crippen LogP contribution in [0.1, 0.15) is 35.2 Å². The fraction of sp³-hybridized carbons (Fsp3) is 0.391. The monoisotopic (exact) mass is 427 g/mol. The van der Waals surface area contributed by atoms with E-state index in [0.29, 0.717) is 43.4 Å². The third-order valence-corrected chi connectivity index (χ3v) is 6.10. The van der Waals surface area contributed by atoms with Crippen molar-refractivity contribution in [2.45, 2.75) is 25.8 Å². The zero-order valence-corrected chi connectivity index (χ0v) is 17.6. The van der Waals surface area contributed by atoms with Gasteiger partial charge >= 0.3 is 0 Å². The molecule has 1 aliphatic heterocycles. The van der Waals surface area contributed by atoms with Crippen molar-refractivity contribution in [3.05, 3.63) is 58.6 Å². The first kappa shape index (κ1) is 20.7. The van der Waals surface area contributed by atoms with Crippen LogP contribution in [0.3, 0.4) is 0 Å². The minimum atomic E-state index is -0.173. The van der Waals surface area contributed by atoms with Crippen LogP contribution in [0, 0.1) is 5.92 Å². The Labute approximate surface area is 181 Å². The lowest BCUT2D eigenvalue weighted by Gasteiger charge is -2.31. The Bertz CT molecular complexity index is 924. The van der Waals surface area contributed by atoms with Crippen molar-refractivity contribution in [1.29, 1.82) is 0 Å². The van der Waals surface area contributed by atoms with Crippen LogP contribution in [0.5, 0.6) is 0 Å². The Morgan fingerprint density at radius 1 is 1.10 bits per heavy atom. The summed E-state index contributed by atoms with van der Waals surface area (Å²) in [6.45, 7) is 2.97. The number of carbonyl (C=O) groups excluding carboxylic acids is 2. The summed E-state index contributed by atoms with van der Waals surface area (Å²) < 4.78 is 5.46. The summed E-state index contributed by atoms with van der Waals surface area (Å²) in [6, 6.07) is 12.9. The molecule has 1 saturated carbocycles. The quantitative estimate of drug-likeness (QED) is 0.734. The van der Waals surface area contributed by atoms with E-state index < -0.39 is 0 Å². The standard InChI is InChI=1S/C23H26ClN3O3/c24-20-7-2-1-4-17(20)15-25-23(29)19-9-8-18(26-22(28)16-5-3-6-16)14-21(19)27-10-12-30-13-11-27/h1-2,4,7-9,14,16H,3,5-6,10-13,15H2,(H,25,29)(H,26,28). The van der Waals surface area contributed by atoms with Crippen molar-refractivity contribution in [2.75, 3.05) is 36.5 Å². The molecule has 1 heterocycles. The second-order valence-corrected chi connectivity index (χ2v) is 8.13. The van der Waals surface area contributed by atoms with Gasteiger partial charge in [0.25, 0.3) is 5.91 Å². The van der Waals surface area contributed by atoms with E-state index in [1.54, 1.807) is 12.1 Å². The number of benzene rings is 2. The van der Waals surface area contributed by atoms with Gasteiger partial charge < -0.3 is 20.3 Å². The third kappa shape index (κ3) is 4.77. The van der Waals surface area contributed by atoms with Gasteiger partial charge in [-0.05, 0) is 42.7 Å². The van der Waals surface area contributed by atoms with Gasteiger partial charge in [-0.3, -0.25) is 9.59 Å². The van der Waals surface area contributed by atoms with E-state index in [2.05, 4.69) is 15.5 Å². The molecule has 4 rings (SSSR count). The molecule has 2 amide bonds. The van der Waals surface area contributed by atoms with Crippen molar-refractivity contribution >= 4 is 34.8 Å². The van der Waals surface area contributed by atoms with Crippen LogP contribution in [0.2, 0.25) is 5.02 Å². The zero-order valence-electron chi connectivity index (χ0n) is 16.8. The molecular formula is C23H26ClN3O3. The molecule has 158 valence electrons. The van der Waals surface area contributed by atoms with Crippen LogP contribution in [0.15, 0.2) is 42.5 Å². The van der Waals surface area contributed by atoms with Gasteiger partial charge in [-0.1, -0.05) is 36.2 Å². The maximum atomic E-state index is 13.0. The summed E-state index contributed by atoms with van der Waals surface area (Å²) >= 11 is 6.20. The molecule has 2 aromatic rings. The number of amides is 2. The normalized spacial score (nSPS) is 16.6. The minimum absolute atomic E-state index is 0.0603. The maximum Gasteiger partial charge on any atom is 0.253 e. The lowest BCUT2D eigenvalue weighted by Crippen LogP contribution is -2.38. The van der Waals surface area contributed by atoms with Gasteiger partial charge in [0, 0.05) is 36.3 Å². The summed E-state index contributed by atoms with van der Waals surface area (Å²) in [6.07, 6.45) is 3.01. The van der Waals surface area contributed by atoms with Gasteiger partial charge in [0.05, 0.1) is 24.5 Å². The smallest absolute Gasteiger partial charge is 0.253 e. The van der Waals surface area contributed by atoms with Crippen molar-refractivity contribution in [3.8, 4) is 0 Å². The van der Waals surface area contributed by atoms with Gasteiger partial charge in [0.15, 0.2) is 0 Å². The summed E-state index contributed by atoms with van der Waals surface area (Å²) in [7, 11) is 0. The van der Waals surface area contributed by atoms with Crippen LogP contribution in [-0.2, 0) is 16.1 Å². The van der Waals surface area contributed by atoms with E-state index in [4.69, 9.17) is 16.3 Å². The fourth-order valence-electron chi connectivity index (χ4n) is 3.69. The van der Waals surface area contributed by atoms with Gasteiger partial charge in [-0.25, -0.2) is 0 Å². The predicted octanol–water partition coefficient (Wildman–Crippen LogP) is 3.85. The van der Waals surface area contributed by atoms with Gasteiger partial charge in [0.1, 0.15) is 0 Å². The molecule has 0 aromatic heterocycles.